The Morgan fingerprint density at radius 2 is 1.93 bits per heavy atom. The van der Waals surface area contributed by atoms with E-state index in [1.54, 1.807) is 12.4 Å². The van der Waals surface area contributed by atoms with E-state index in [-0.39, 0.29) is 11.3 Å². The summed E-state index contributed by atoms with van der Waals surface area (Å²) in [6.07, 6.45) is 5.50. The minimum Gasteiger partial charge on any atom is -0.343 e. The number of H-pyrrole nitrogens is 1. The van der Waals surface area contributed by atoms with Crippen LogP contribution in [-0.2, 0) is 10.5 Å². The number of pyridine rings is 1. The van der Waals surface area contributed by atoms with Crippen LogP contribution in [0, 0.1) is 0 Å². The van der Waals surface area contributed by atoms with Gasteiger partial charge in [0.15, 0.2) is 10.9 Å². The molecule has 0 fully saturated rings. The number of carbonyl (C=O) groups is 1. The van der Waals surface area contributed by atoms with Crippen LogP contribution in [0.4, 0.5) is 5.82 Å². The number of rotatable bonds is 4. The Morgan fingerprint density at radius 3 is 2.73 bits per heavy atom. The summed E-state index contributed by atoms with van der Waals surface area (Å²) in [4.78, 5) is 37.8. The highest BCUT2D eigenvalue weighted by Crippen LogP contribution is 2.43. The fraction of sp³-hybridized carbons (Fsp3) is 0.217. The van der Waals surface area contributed by atoms with Gasteiger partial charge in [0.1, 0.15) is 5.82 Å². The van der Waals surface area contributed by atoms with E-state index in [1.807, 2.05) is 42.5 Å². The van der Waals surface area contributed by atoms with Crippen molar-refractivity contribution in [2.45, 2.75) is 36.1 Å². The van der Waals surface area contributed by atoms with Gasteiger partial charge < -0.3 is 10.3 Å². The molecule has 150 valence electrons. The number of benzene rings is 1. The predicted molar refractivity (Wildman–Crippen MR) is 116 cm³/mol. The highest BCUT2D eigenvalue weighted by Gasteiger charge is 2.37. The van der Waals surface area contributed by atoms with Crippen LogP contribution in [-0.4, -0.2) is 20.7 Å². The van der Waals surface area contributed by atoms with Gasteiger partial charge in [0.2, 0.25) is 0 Å². The summed E-state index contributed by atoms with van der Waals surface area (Å²) in [7, 11) is 0. The highest BCUT2D eigenvalue weighted by molar-refractivity contribution is 7.98. The van der Waals surface area contributed by atoms with Gasteiger partial charge in [-0.05, 0) is 30.0 Å². The monoisotopic (exact) mass is 416 g/mol. The van der Waals surface area contributed by atoms with Crippen LogP contribution in [0.15, 0.2) is 76.1 Å². The zero-order valence-electron chi connectivity index (χ0n) is 16.2. The number of ketones is 1. The Hall–Kier alpha value is -3.19. The molecule has 5 rings (SSSR count). The number of hydrogen-bond acceptors (Lipinski definition) is 6. The zero-order valence-corrected chi connectivity index (χ0v) is 17.0. The van der Waals surface area contributed by atoms with Gasteiger partial charge >= 0.3 is 0 Å². The Kier molecular flexibility index (Phi) is 4.96. The number of Topliss-reactive ketones (excluding diaryl/α,β-unsaturated/α-hetero) is 1. The van der Waals surface area contributed by atoms with E-state index in [9.17, 15) is 9.59 Å². The molecule has 6 nitrogen and oxygen atoms in total. The first kappa shape index (κ1) is 18.8. The summed E-state index contributed by atoms with van der Waals surface area (Å²) in [5.74, 6) is 0.894. The second kappa shape index (κ2) is 7.91. The normalized spacial score (nSPS) is 17.9. The number of aromatic nitrogens is 3. The Balaban J connectivity index is 1.57. The summed E-state index contributed by atoms with van der Waals surface area (Å²) >= 11 is 1.49. The van der Waals surface area contributed by atoms with Crippen molar-refractivity contribution in [3.05, 3.63) is 93.2 Å². The van der Waals surface area contributed by atoms with Gasteiger partial charge in [-0.1, -0.05) is 48.2 Å². The fourth-order valence-corrected chi connectivity index (χ4v) is 4.93. The summed E-state index contributed by atoms with van der Waals surface area (Å²) in [6.45, 7) is 0. The molecule has 3 aromatic rings. The summed E-state index contributed by atoms with van der Waals surface area (Å²) in [6, 6.07) is 13.8. The quantitative estimate of drug-likeness (QED) is 0.493. The van der Waals surface area contributed by atoms with E-state index in [0.29, 0.717) is 34.3 Å². The third-order valence-electron chi connectivity index (χ3n) is 5.47. The van der Waals surface area contributed by atoms with Crippen molar-refractivity contribution in [1.29, 1.82) is 0 Å². The summed E-state index contributed by atoms with van der Waals surface area (Å²) in [5, 5.41) is 3.86. The average molecular weight is 417 g/mol. The summed E-state index contributed by atoms with van der Waals surface area (Å²) < 4.78 is 0. The number of nitrogens with zero attached hydrogens (tertiary/aromatic N) is 2. The van der Waals surface area contributed by atoms with Crippen molar-refractivity contribution in [1.82, 2.24) is 15.0 Å². The van der Waals surface area contributed by atoms with Gasteiger partial charge in [0.05, 0.1) is 5.56 Å². The molecule has 30 heavy (non-hydrogen) atoms. The molecule has 0 saturated heterocycles. The van der Waals surface area contributed by atoms with E-state index in [0.717, 1.165) is 29.7 Å². The van der Waals surface area contributed by atoms with E-state index in [4.69, 9.17) is 4.98 Å². The van der Waals surface area contributed by atoms with Crippen LogP contribution in [0.1, 0.15) is 41.9 Å². The number of thioether (sulfide) groups is 1. The van der Waals surface area contributed by atoms with Crippen molar-refractivity contribution in [2.75, 3.05) is 5.32 Å². The number of allylic oxidation sites excluding steroid dienone is 2. The molecule has 2 aromatic heterocycles. The fourth-order valence-electron chi connectivity index (χ4n) is 4.11. The minimum atomic E-state index is -0.442. The molecule has 3 heterocycles. The Labute approximate surface area is 177 Å². The summed E-state index contributed by atoms with van der Waals surface area (Å²) in [5.41, 5.74) is 3.82. The zero-order chi connectivity index (χ0) is 20.5. The third kappa shape index (κ3) is 3.45. The highest BCUT2D eigenvalue weighted by atomic mass is 32.2. The third-order valence-corrected chi connectivity index (χ3v) is 6.42. The lowest BCUT2D eigenvalue weighted by molar-refractivity contribution is -0.116. The molecule has 7 heteroatoms. The number of anilines is 1. The first-order valence-electron chi connectivity index (χ1n) is 9.95. The number of fused-ring (bicyclic) bond motifs is 1. The van der Waals surface area contributed by atoms with Gasteiger partial charge in [-0.15, -0.1) is 0 Å². The van der Waals surface area contributed by atoms with Crippen molar-refractivity contribution in [3.8, 4) is 0 Å². The molecule has 1 aliphatic carbocycles. The standard InChI is InChI=1S/C23H20N4O2S/c28-17-10-4-9-16-19(17)18(15-8-5-11-24-12-15)20-21(25-16)26-23(27-22(20)29)30-13-14-6-2-1-3-7-14/h1-3,5-8,11-12,18H,4,9-10,13H2,(H2,25,26,27,29). The molecule has 1 aliphatic heterocycles. The van der Waals surface area contributed by atoms with Gasteiger partial charge in [-0.25, -0.2) is 4.98 Å². The molecule has 1 unspecified atom stereocenters. The lowest BCUT2D eigenvalue weighted by Gasteiger charge is -2.32. The van der Waals surface area contributed by atoms with E-state index in [2.05, 4.69) is 15.3 Å². The van der Waals surface area contributed by atoms with E-state index in [1.165, 1.54) is 11.8 Å². The lowest BCUT2D eigenvalue weighted by Crippen LogP contribution is -2.32. The number of nitrogens with one attached hydrogen (secondary N) is 2. The molecule has 0 amide bonds. The van der Waals surface area contributed by atoms with Crippen molar-refractivity contribution >= 4 is 23.4 Å². The van der Waals surface area contributed by atoms with Crippen LogP contribution >= 0.6 is 11.8 Å². The topological polar surface area (TPSA) is 87.7 Å². The maximum Gasteiger partial charge on any atom is 0.257 e. The number of hydrogen-bond donors (Lipinski definition) is 2. The van der Waals surface area contributed by atoms with Crippen LogP contribution in [0.5, 0.6) is 0 Å². The molecule has 2 aliphatic rings. The van der Waals surface area contributed by atoms with Crippen LogP contribution in [0.25, 0.3) is 0 Å². The van der Waals surface area contributed by atoms with Gasteiger partial charge in [0.25, 0.3) is 5.56 Å². The maximum atomic E-state index is 13.2. The molecule has 0 saturated carbocycles. The molecule has 1 atom stereocenters. The minimum absolute atomic E-state index is 0.0881. The van der Waals surface area contributed by atoms with Gasteiger partial charge in [-0.2, -0.15) is 0 Å². The van der Waals surface area contributed by atoms with Crippen LogP contribution in [0.2, 0.25) is 0 Å². The molecule has 0 radical (unpaired) electrons. The first-order chi connectivity index (χ1) is 14.7. The van der Waals surface area contributed by atoms with Crippen molar-refractivity contribution in [2.24, 2.45) is 0 Å². The Bertz CT molecular complexity index is 1190. The number of carbonyl (C=O) groups excluding carboxylic acids is 1. The molecule has 2 N–H and O–H groups in total. The van der Waals surface area contributed by atoms with Crippen molar-refractivity contribution < 1.29 is 4.79 Å². The lowest BCUT2D eigenvalue weighted by atomic mass is 9.77. The average Bonchev–Trinajstić information content (AvgIpc) is 2.78. The smallest absolute Gasteiger partial charge is 0.257 e. The number of aromatic amines is 1. The second-order valence-electron chi connectivity index (χ2n) is 7.42. The van der Waals surface area contributed by atoms with Gasteiger partial charge in [0, 0.05) is 41.8 Å². The largest absolute Gasteiger partial charge is 0.343 e. The Morgan fingerprint density at radius 1 is 1.07 bits per heavy atom. The molecule has 0 spiro atoms. The first-order valence-corrected chi connectivity index (χ1v) is 10.9. The van der Waals surface area contributed by atoms with Crippen LogP contribution in [0.3, 0.4) is 0 Å². The van der Waals surface area contributed by atoms with E-state index >= 15 is 0 Å². The maximum absolute atomic E-state index is 13.2. The van der Waals surface area contributed by atoms with Crippen LogP contribution < -0.4 is 10.9 Å². The van der Waals surface area contributed by atoms with Gasteiger partial charge in [-0.3, -0.25) is 14.6 Å². The predicted octanol–water partition coefficient (Wildman–Crippen LogP) is 4.02. The van der Waals surface area contributed by atoms with E-state index < -0.39 is 5.92 Å². The molecular weight excluding hydrogens is 396 g/mol. The molecule has 0 bridgehead atoms. The second-order valence-corrected chi connectivity index (χ2v) is 8.39. The SMILES string of the molecule is O=C1CCCC2=C1C(c1cccnc1)c1c(nc(SCc3ccccc3)[nH]c1=O)N2. The molecular formula is C23H20N4O2S. The molecule has 1 aromatic carbocycles. The van der Waals surface area contributed by atoms with Crippen molar-refractivity contribution in [3.63, 3.8) is 0 Å².